The Labute approximate surface area is 99.0 Å². The normalized spacial score (nSPS) is 12.5. The molecule has 1 heterocycles. The molecule has 0 aliphatic heterocycles. The molecule has 1 aliphatic carbocycles. The molecular weight excluding hydrogens is 208 g/mol. The third kappa shape index (κ3) is 1.15. The van der Waals surface area contributed by atoms with Gasteiger partial charge < -0.3 is 0 Å². The highest BCUT2D eigenvalue weighted by Crippen LogP contribution is 2.39. The highest BCUT2D eigenvalue weighted by Gasteiger charge is 2.21. The number of hydrogen-bond donors (Lipinski definition) is 0. The first-order valence-corrected chi connectivity index (χ1v) is 5.73. The minimum absolute atomic E-state index is 0.929. The summed E-state index contributed by atoms with van der Waals surface area (Å²) in [7, 11) is 0. The van der Waals surface area contributed by atoms with Crippen LogP contribution in [-0.4, -0.2) is 9.97 Å². The molecule has 0 radical (unpaired) electrons. The van der Waals surface area contributed by atoms with Crippen molar-refractivity contribution in [2.24, 2.45) is 0 Å². The first-order valence-electron chi connectivity index (χ1n) is 5.73. The number of hydrogen-bond acceptors (Lipinski definition) is 2. The first kappa shape index (κ1) is 8.88. The number of benzene rings is 2. The lowest BCUT2D eigenvalue weighted by atomic mass is 9.99. The van der Waals surface area contributed by atoms with Crippen molar-refractivity contribution in [2.45, 2.75) is 6.42 Å². The summed E-state index contributed by atoms with van der Waals surface area (Å²) >= 11 is 0. The van der Waals surface area contributed by atoms with Gasteiger partial charge >= 0.3 is 0 Å². The van der Waals surface area contributed by atoms with E-state index in [1.807, 2.05) is 6.20 Å². The van der Waals surface area contributed by atoms with Gasteiger partial charge in [0, 0.05) is 18.2 Å². The molecule has 3 aromatic rings. The van der Waals surface area contributed by atoms with Crippen LogP contribution in [0.2, 0.25) is 0 Å². The molecule has 0 spiro atoms. The summed E-state index contributed by atoms with van der Waals surface area (Å²) < 4.78 is 0. The van der Waals surface area contributed by atoms with Crippen LogP contribution >= 0.6 is 0 Å². The number of aromatic nitrogens is 2. The average Bonchev–Trinajstić information content (AvgIpc) is 2.77. The molecule has 1 aromatic heterocycles. The van der Waals surface area contributed by atoms with Gasteiger partial charge in [0.1, 0.15) is 6.33 Å². The van der Waals surface area contributed by atoms with Gasteiger partial charge in [-0.15, -0.1) is 0 Å². The van der Waals surface area contributed by atoms with Gasteiger partial charge in [-0.2, -0.15) is 0 Å². The Bertz CT molecular complexity index is 732. The van der Waals surface area contributed by atoms with Gasteiger partial charge in [0.2, 0.25) is 0 Å². The van der Waals surface area contributed by atoms with Gasteiger partial charge in [-0.1, -0.05) is 36.4 Å². The van der Waals surface area contributed by atoms with E-state index in [1.165, 1.54) is 27.5 Å². The fourth-order valence-corrected chi connectivity index (χ4v) is 2.67. The van der Waals surface area contributed by atoms with Crippen molar-refractivity contribution in [1.29, 1.82) is 0 Å². The fourth-order valence-electron chi connectivity index (χ4n) is 2.67. The summed E-state index contributed by atoms with van der Waals surface area (Å²) in [6, 6.07) is 12.9. The largest absolute Gasteiger partial charge is 0.244 e. The monoisotopic (exact) mass is 218 g/mol. The van der Waals surface area contributed by atoms with Crippen LogP contribution in [0.1, 0.15) is 11.3 Å². The maximum atomic E-state index is 4.37. The third-order valence-electron chi connectivity index (χ3n) is 3.44. The van der Waals surface area contributed by atoms with E-state index in [0.717, 1.165) is 12.1 Å². The number of fused-ring (bicyclic) bond motifs is 5. The van der Waals surface area contributed by atoms with E-state index in [9.17, 15) is 0 Å². The Morgan fingerprint density at radius 3 is 2.94 bits per heavy atom. The molecule has 0 bridgehead atoms. The van der Waals surface area contributed by atoms with Crippen LogP contribution in [0.25, 0.3) is 21.9 Å². The maximum absolute atomic E-state index is 4.37. The van der Waals surface area contributed by atoms with Crippen molar-refractivity contribution in [1.82, 2.24) is 9.97 Å². The average molecular weight is 218 g/mol. The number of nitrogens with zero attached hydrogens (tertiary/aromatic N) is 2. The Balaban J connectivity index is 2.17. The Morgan fingerprint density at radius 2 is 1.94 bits per heavy atom. The summed E-state index contributed by atoms with van der Waals surface area (Å²) in [6.45, 7) is 0. The van der Waals surface area contributed by atoms with Crippen molar-refractivity contribution in [3.63, 3.8) is 0 Å². The topological polar surface area (TPSA) is 25.8 Å². The van der Waals surface area contributed by atoms with E-state index >= 15 is 0 Å². The lowest BCUT2D eigenvalue weighted by molar-refractivity contribution is 1.07. The first-order chi connectivity index (χ1) is 8.43. The zero-order valence-corrected chi connectivity index (χ0v) is 9.22. The van der Waals surface area contributed by atoms with Crippen molar-refractivity contribution < 1.29 is 0 Å². The highest BCUT2D eigenvalue weighted by atomic mass is 14.8. The molecule has 2 heteroatoms. The lowest BCUT2D eigenvalue weighted by Gasteiger charge is -2.05. The summed E-state index contributed by atoms with van der Waals surface area (Å²) in [5.41, 5.74) is 5.02. The van der Waals surface area contributed by atoms with Crippen LogP contribution in [-0.2, 0) is 6.42 Å². The predicted octanol–water partition coefficient (Wildman–Crippen LogP) is 3.20. The van der Waals surface area contributed by atoms with Gasteiger partial charge in [0.15, 0.2) is 0 Å². The van der Waals surface area contributed by atoms with E-state index in [1.54, 1.807) is 6.33 Å². The van der Waals surface area contributed by atoms with Crippen LogP contribution in [0.15, 0.2) is 48.9 Å². The molecule has 0 N–H and O–H groups in total. The molecule has 80 valence electrons. The van der Waals surface area contributed by atoms with Gasteiger partial charge in [-0.05, 0) is 21.9 Å². The summed E-state index contributed by atoms with van der Waals surface area (Å²) in [5.74, 6) is 0. The minimum atomic E-state index is 0.929. The van der Waals surface area contributed by atoms with Crippen LogP contribution in [0, 0.1) is 0 Å². The summed E-state index contributed by atoms with van der Waals surface area (Å²) in [4.78, 5) is 8.52. The van der Waals surface area contributed by atoms with Gasteiger partial charge in [0.05, 0.1) is 5.69 Å². The predicted molar refractivity (Wildman–Crippen MR) is 67.8 cm³/mol. The van der Waals surface area contributed by atoms with E-state index in [0.29, 0.717) is 0 Å². The molecule has 0 saturated heterocycles. The van der Waals surface area contributed by atoms with E-state index in [4.69, 9.17) is 0 Å². The maximum Gasteiger partial charge on any atom is 0.115 e. The zero-order chi connectivity index (χ0) is 11.2. The van der Waals surface area contributed by atoms with Gasteiger partial charge in [0.25, 0.3) is 0 Å². The van der Waals surface area contributed by atoms with Gasteiger partial charge in [-0.3, -0.25) is 0 Å². The SMILES string of the molecule is c1ccc2c3c(ccc2c1)Cc1ncncc1-3. The molecule has 0 unspecified atom stereocenters. The second-order valence-electron chi connectivity index (χ2n) is 4.38. The fraction of sp³-hybridized carbons (Fsp3) is 0.0667. The third-order valence-corrected chi connectivity index (χ3v) is 3.44. The standard InChI is InChI=1S/C15H10N2/c1-2-4-12-10(3-1)5-6-11-7-14-13(15(11)12)8-16-9-17-14/h1-6,8-9H,7H2. The highest BCUT2D eigenvalue weighted by molar-refractivity contribution is 6.00. The quantitative estimate of drug-likeness (QED) is 0.453. The minimum Gasteiger partial charge on any atom is -0.244 e. The Morgan fingerprint density at radius 1 is 1.00 bits per heavy atom. The Kier molecular flexibility index (Phi) is 1.64. The summed E-state index contributed by atoms with van der Waals surface area (Å²) in [6.07, 6.45) is 4.49. The van der Waals surface area contributed by atoms with E-state index < -0.39 is 0 Å². The second-order valence-corrected chi connectivity index (χ2v) is 4.38. The number of rotatable bonds is 0. The molecule has 0 amide bonds. The van der Waals surface area contributed by atoms with Crippen molar-refractivity contribution >= 4 is 10.8 Å². The van der Waals surface area contributed by atoms with Crippen molar-refractivity contribution in [3.8, 4) is 11.1 Å². The van der Waals surface area contributed by atoms with Crippen molar-refractivity contribution in [3.05, 3.63) is 60.2 Å². The Hall–Kier alpha value is -2.22. The molecule has 0 fully saturated rings. The molecule has 1 aliphatic rings. The van der Waals surface area contributed by atoms with E-state index in [-0.39, 0.29) is 0 Å². The molecule has 2 nitrogen and oxygen atoms in total. The molecule has 17 heavy (non-hydrogen) atoms. The summed E-state index contributed by atoms with van der Waals surface area (Å²) in [5, 5.41) is 2.58. The van der Waals surface area contributed by atoms with Crippen LogP contribution < -0.4 is 0 Å². The zero-order valence-electron chi connectivity index (χ0n) is 9.22. The van der Waals surface area contributed by atoms with E-state index in [2.05, 4.69) is 46.4 Å². The van der Waals surface area contributed by atoms with Crippen LogP contribution in [0.5, 0.6) is 0 Å². The molecule has 4 rings (SSSR count). The lowest BCUT2D eigenvalue weighted by Crippen LogP contribution is -1.86. The van der Waals surface area contributed by atoms with Crippen LogP contribution in [0.3, 0.4) is 0 Å². The smallest absolute Gasteiger partial charge is 0.115 e. The van der Waals surface area contributed by atoms with Crippen molar-refractivity contribution in [2.75, 3.05) is 0 Å². The molecule has 2 aromatic carbocycles. The molecule has 0 saturated carbocycles. The molecular formula is C15H10N2. The molecule has 0 atom stereocenters. The van der Waals surface area contributed by atoms with Crippen LogP contribution in [0.4, 0.5) is 0 Å². The second kappa shape index (κ2) is 3.14. The van der Waals surface area contributed by atoms with Gasteiger partial charge in [-0.25, -0.2) is 9.97 Å².